The van der Waals surface area contributed by atoms with E-state index in [1.807, 2.05) is 23.1 Å². The molecule has 7 heteroatoms. The van der Waals surface area contributed by atoms with Crippen molar-refractivity contribution in [3.8, 4) is 5.75 Å². The van der Waals surface area contributed by atoms with Crippen LogP contribution in [0.4, 0.5) is 0 Å². The van der Waals surface area contributed by atoms with Gasteiger partial charge in [0, 0.05) is 49.0 Å². The maximum atomic E-state index is 13.3. The van der Waals surface area contributed by atoms with Crippen LogP contribution in [0.3, 0.4) is 0 Å². The van der Waals surface area contributed by atoms with E-state index in [9.17, 15) is 4.79 Å². The van der Waals surface area contributed by atoms with E-state index in [-0.39, 0.29) is 5.91 Å². The molecule has 1 atom stereocenters. The third kappa shape index (κ3) is 4.93. The molecule has 1 amide bonds. The number of aromatic nitrogens is 2. The molecule has 4 rings (SSSR count). The summed E-state index contributed by atoms with van der Waals surface area (Å²) < 4.78 is 13.0. The van der Waals surface area contributed by atoms with Crippen LogP contribution >= 0.6 is 0 Å². The van der Waals surface area contributed by atoms with E-state index in [1.165, 1.54) is 5.69 Å². The number of ether oxygens (including phenoxy) is 2. The normalized spacial score (nSPS) is 18.8. The molecule has 7 nitrogen and oxygen atoms in total. The van der Waals surface area contributed by atoms with Gasteiger partial charge in [0.2, 0.25) is 0 Å². The van der Waals surface area contributed by atoms with Crippen molar-refractivity contribution in [3.05, 3.63) is 46.8 Å². The van der Waals surface area contributed by atoms with Crippen LogP contribution in [-0.4, -0.2) is 60.0 Å². The Balaban J connectivity index is 1.53. The largest absolute Gasteiger partial charge is 0.496 e. The zero-order valence-corrected chi connectivity index (χ0v) is 18.9. The zero-order valence-electron chi connectivity index (χ0n) is 18.9. The number of hydrogen-bond donors (Lipinski definition) is 1. The number of morpholine rings is 1. The third-order valence-electron chi connectivity index (χ3n) is 6.16. The Morgan fingerprint density at radius 2 is 2.06 bits per heavy atom. The molecule has 1 unspecified atom stereocenters. The Hall–Kier alpha value is -2.38. The summed E-state index contributed by atoms with van der Waals surface area (Å²) >= 11 is 0. The predicted octanol–water partition coefficient (Wildman–Crippen LogP) is 2.67. The molecule has 1 aromatic carbocycles. The average Bonchev–Trinajstić information content (AvgIpc) is 3.15. The van der Waals surface area contributed by atoms with E-state index in [0.717, 1.165) is 49.2 Å². The van der Waals surface area contributed by atoms with Crippen molar-refractivity contribution in [2.24, 2.45) is 5.92 Å². The Labute approximate surface area is 184 Å². The van der Waals surface area contributed by atoms with Gasteiger partial charge in [-0.25, -0.2) is 0 Å². The minimum Gasteiger partial charge on any atom is -0.496 e. The lowest BCUT2D eigenvalue weighted by Crippen LogP contribution is -2.41. The molecular weight excluding hydrogens is 392 g/mol. The van der Waals surface area contributed by atoms with Gasteiger partial charge in [-0.15, -0.1) is 0 Å². The number of carbonyl (C=O) groups is 1. The molecule has 0 bridgehead atoms. The smallest absolute Gasteiger partial charge is 0.274 e. The lowest BCUT2D eigenvalue weighted by Gasteiger charge is -2.28. The Kier molecular flexibility index (Phi) is 6.92. The molecule has 0 spiro atoms. The minimum atomic E-state index is 0.0486. The first-order chi connectivity index (χ1) is 15.1. The molecule has 1 saturated heterocycles. The fourth-order valence-corrected chi connectivity index (χ4v) is 4.55. The Morgan fingerprint density at radius 1 is 1.29 bits per heavy atom. The Morgan fingerprint density at radius 3 is 2.81 bits per heavy atom. The summed E-state index contributed by atoms with van der Waals surface area (Å²) in [6, 6.07) is 8.42. The first-order valence-corrected chi connectivity index (χ1v) is 11.4. The van der Waals surface area contributed by atoms with Crippen LogP contribution in [0.2, 0.25) is 0 Å². The van der Waals surface area contributed by atoms with E-state index in [2.05, 4.69) is 29.9 Å². The number of hydrogen-bond acceptors (Lipinski definition) is 5. The van der Waals surface area contributed by atoms with Crippen molar-refractivity contribution < 1.29 is 14.3 Å². The number of nitrogens with one attached hydrogen (secondary N) is 1. The summed E-state index contributed by atoms with van der Waals surface area (Å²) in [6.07, 6.45) is 2.81. The summed E-state index contributed by atoms with van der Waals surface area (Å²) in [6.45, 7) is 8.46. The molecular formula is C24H34N4O3. The molecule has 1 aliphatic heterocycles. The van der Waals surface area contributed by atoms with Gasteiger partial charge in [0.25, 0.3) is 5.91 Å². The van der Waals surface area contributed by atoms with Gasteiger partial charge in [0.05, 0.1) is 20.3 Å². The van der Waals surface area contributed by atoms with Crippen LogP contribution in [0, 0.1) is 5.92 Å². The first kappa shape index (κ1) is 21.8. The molecule has 2 aromatic rings. The fourth-order valence-electron chi connectivity index (χ4n) is 4.55. The Bertz CT molecular complexity index is 902. The van der Waals surface area contributed by atoms with Crippen molar-refractivity contribution in [2.45, 2.75) is 52.2 Å². The van der Waals surface area contributed by atoms with Crippen LogP contribution in [0.5, 0.6) is 5.75 Å². The van der Waals surface area contributed by atoms with Crippen molar-refractivity contribution in [2.75, 3.05) is 33.4 Å². The number of benzene rings is 1. The lowest BCUT2D eigenvalue weighted by atomic mass is 9.90. The summed E-state index contributed by atoms with van der Waals surface area (Å²) in [5, 5.41) is 8.51. The van der Waals surface area contributed by atoms with Crippen molar-refractivity contribution in [1.29, 1.82) is 0 Å². The van der Waals surface area contributed by atoms with Crippen LogP contribution in [-0.2, 0) is 30.7 Å². The zero-order chi connectivity index (χ0) is 21.8. The van der Waals surface area contributed by atoms with Gasteiger partial charge in [-0.3, -0.25) is 9.48 Å². The number of para-hydroxylation sites is 1. The standard InChI is InChI=1S/C24H34N4O3/c1-17(2)16-28-21-9-8-19(25-15-18-6-4-5-7-22(18)30-3)14-20(21)23(26-28)24(29)27-10-12-31-13-11-27/h4-7,17,19,25H,8-16H2,1-3H3. The van der Waals surface area contributed by atoms with Gasteiger partial charge in [-0.1, -0.05) is 32.0 Å². The van der Waals surface area contributed by atoms with E-state index >= 15 is 0 Å². The van der Waals surface area contributed by atoms with Gasteiger partial charge in [0.1, 0.15) is 5.75 Å². The number of carbonyl (C=O) groups excluding carboxylic acids is 1. The number of methoxy groups -OCH3 is 1. The lowest BCUT2D eigenvalue weighted by molar-refractivity contribution is 0.0297. The van der Waals surface area contributed by atoms with Crippen molar-refractivity contribution in [3.63, 3.8) is 0 Å². The van der Waals surface area contributed by atoms with Crippen LogP contribution in [0.25, 0.3) is 0 Å². The highest BCUT2D eigenvalue weighted by Crippen LogP contribution is 2.27. The first-order valence-electron chi connectivity index (χ1n) is 11.4. The number of fused-ring (bicyclic) bond motifs is 1. The number of amides is 1. The van der Waals surface area contributed by atoms with Gasteiger partial charge >= 0.3 is 0 Å². The summed E-state index contributed by atoms with van der Waals surface area (Å²) in [4.78, 5) is 15.2. The number of nitrogens with zero attached hydrogens (tertiary/aromatic N) is 3. The molecule has 0 radical (unpaired) electrons. The van der Waals surface area contributed by atoms with Gasteiger partial charge in [-0.2, -0.15) is 5.10 Å². The molecule has 1 aliphatic carbocycles. The minimum absolute atomic E-state index is 0.0486. The van der Waals surface area contributed by atoms with E-state index in [4.69, 9.17) is 14.6 Å². The topological polar surface area (TPSA) is 68.6 Å². The highest BCUT2D eigenvalue weighted by Gasteiger charge is 2.31. The second-order valence-electron chi connectivity index (χ2n) is 8.89. The van der Waals surface area contributed by atoms with Crippen molar-refractivity contribution in [1.82, 2.24) is 20.0 Å². The molecule has 1 N–H and O–H groups in total. The highest BCUT2D eigenvalue weighted by atomic mass is 16.5. The third-order valence-corrected chi connectivity index (χ3v) is 6.16. The van der Waals surface area contributed by atoms with E-state index < -0.39 is 0 Å². The van der Waals surface area contributed by atoms with Gasteiger partial charge < -0.3 is 19.7 Å². The molecule has 31 heavy (non-hydrogen) atoms. The summed E-state index contributed by atoms with van der Waals surface area (Å²) in [5.74, 6) is 1.43. The molecule has 2 aliphatic rings. The monoisotopic (exact) mass is 426 g/mol. The average molecular weight is 427 g/mol. The molecule has 0 saturated carbocycles. The second-order valence-corrected chi connectivity index (χ2v) is 8.89. The van der Waals surface area contributed by atoms with Gasteiger partial charge in [0.15, 0.2) is 5.69 Å². The van der Waals surface area contributed by atoms with Crippen LogP contribution in [0.1, 0.15) is 47.6 Å². The highest BCUT2D eigenvalue weighted by molar-refractivity contribution is 5.94. The maximum absolute atomic E-state index is 13.3. The number of rotatable bonds is 7. The van der Waals surface area contributed by atoms with Crippen molar-refractivity contribution >= 4 is 5.91 Å². The summed E-state index contributed by atoms with van der Waals surface area (Å²) in [5.41, 5.74) is 4.15. The molecule has 168 valence electrons. The molecule has 2 heterocycles. The fraction of sp³-hybridized carbons (Fsp3) is 0.583. The molecule has 1 aromatic heterocycles. The van der Waals surface area contributed by atoms with Crippen LogP contribution in [0.15, 0.2) is 24.3 Å². The van der Waals surface area contributed by atoms with E-state index in [0.29, 0.717) is 44.0 Å². The molecule has 1 fully saturated rings. The second kappa shape index (κ2) is 9.83. The van der Waals surface area contributed by atoms with Crippen LogP contribution < -0.4 is 10.1 Å². The quantitative estimate of drug-likeness (QED) is 0.737. The maximum Gasteiger partial charge on any atom is 0.274 e. The predicted molar refractivity (Wildman–Crippen MR) is 119 cm³/mol. The SMILES string of the molecule is COc1ccccc1CNC1CCc2c(c(C(=O)N3CCOCC3)nn2CC(C)C)C1. The van der Waals surface area contributed by atoms with E-state index in [1.54, 1.807) is 7.11 Å². The van der Waals surface area contributed by atoms with Gasteiger partial charge in [-0.05, 0) is 31.2 Å². The summed E-state index contributed by atoms with van der Waals surface area (Å²) in [7, 11) is 1.71.